The van der Waals surface area contributed by atoms with Gasteiger partial charge in [-0.25, -0.2) is 33.4 Å². The van der Waals surface area contributed by atoms with Gasteiger partial charge in [0.25, 0.3) is 17.6 Å². The van der Waals surface area contributed by atoms with Gasteiger partial charge in [0, 0.05) is 0 Å². The zero-order valence-electron chi connectivity index (χ0n) is 52.2. The topological polar surface area (TPSA) is 354 Å². The fourth-order valence-corrected chi connectivity index (χ4v) is 8.59. The number of nitrogens with two attached hydrogens (primary N) is 2. The van der Waals surface area contributed by atoms with Crippen molar-refractivity contribution < 1.29 is 42.9 Å². The van der Waals surface area contributed by atoms with E-state index >= 15 is 0 Å². The third-order valence-corrected chi connectivity index (χ3v) is 13.6. The molecule has 468 valence electrons. The Kier molecular flexibility index (Phi) is 23.0. The number of azo groups is 2. The van der Waals surface area contributed by atoms with Gasteiger partial charge in [-0.1, -0.05) is 94.4 Å². The quantitative estimate of drug-likeness (QED) is 0.0139. The van der Waals surface area contributed by atoms with Gasteiger partial charge in [-0.05, 0) is 94.2 Å². The van der Waals surface area contributed by atoms with Crippen molar-refractivity contribution in [2.45, 2.75) is 152 Å². The van der Waals surface area contributed by atoms with E-state index in [1.807, 2.05) is 62.3 Å². The van der Waals surface area contributed by atoms with Crippen molar-refractivity contribution in [2.75, 3.05) is 44.5 Å². The monoisotopic (exact) mass is 1220 g/mol. The first-order chi connectivity index (χ1) is 42.8. The summed E-state index contributed by atoms with van der Waals surface area (Å²) in [5, 5.41) is 47.7. The highest BCUT2D eigenvalue weighted by Crippen LogP contribution is 2.41. The molecular formula is C61H75N19O9. The number of benzene rings is 2. The Morgan fingerprint density at radius 3 is 1.28 bits per heavy atom. The van der Waals surface area contributed by atoms with Crippen molar-refractivity contribution in [1.29, 1.82) is 5.26 Å². The lowest BCUT2D eigenvalue weighted by Crippen LogP contribution is -2.15. The largest absolute Gasteiger partial charge is 0.463 e. The number of carbonyl (C=O) groups is 4. The Bertz CT molecular complexity index is 3540. The summed E-state index contributed by atoms with van der Waals surface area (Å²) in [6.45, 7) is 29.6. The summed E-state index contributed by atoms with van der Waals surface area (Å²) in [6.07, 6.45) is 7.12. The number of nitriles is 1. The molecule has 0 spiro atoms. The van der Waals surface area contributed by atoms with E-state index in [-0.39, 0.29) is 154 Å². The number of anilines is 2. The zero-order valence-corrected chi connectivity index (χ0v) is 52.2. The van der Waals surface area contributed by atoms with Crippen LogP contribution in [0.1, 0.15) is 208 Å². The van der Waals surface area contributed by atoms with Crippen molar-refractivity contribution in [2.24, 2.45) is 20.5 Å². The molecule has 0 bridgehead atoms. The molecule has 0 fully saturated rings. The second kappa shape index (κ2) is 30.9. The van der Waals surface area contributed by atoms with Gasteiger partial charge >= 0.3 is 29.9 Å². The zero-order chi connectivity index (χ0) is 64.5. The number of rotatable bonds is 30. The molecule has 5 aromatic heterocycles. The number of aromatic nitrogens is 11. The second-order valence-electron chi connectivity index (χ2n) is 21.3. The molecule has 0 unspecified atom stereocenters. The number of esters is 4. The first kappa shape index (κ1) is 66.3. The van der Waals surface area contributed by atoms with Crippen molar-refractivity contribution in [3.63, 3.8) is 0 Å². The first-order valence-corrected chi connectivity index (χ1v) is 29.8. The van der Waals surface area contributed by atoms with Crippen molar-refractivity contribution >= 4 is 64.2 Å². The molecule has 4 N–H and O–H groups in total. The number of aryl methyl sites for hydroxylation is 2. The average Bonchev–Trinajstić information content (AvgIpc) is 2.06. The summed E-state index contributed by atoms with van der Waals surface area (Å²) in [4.78, 5) is 71.4. The van der Waals surface area contributed by atoms with E-state index in [0.29, 0.717) is 43.5 Å². The molecule has 0 aliphatic carbocycles. The highest BCUT2D eigenvalue weighted by Gasteiger charge is 2.29. The molecule has 7 aromatic rings. The van der Waals surface area contributed by atoms with Crippen LogP contribution in [0.25, 0.3) is 28.1 Å². The highest BCUT2D eigenvalue weighted by molar-refractivity contribution is 5.97. The smallest absolute Gasteiger partial charge is 0.338 e. The van der Waals surface area contributed by atoms with E-state index < -0.39 is 23.9 Å². The van der Waals surface area contributed by atoms with E-state index in [1.54, 1.807) is 13.8 Å². The summed E-state index contributed by atoms with van der Waals surface area (Å²) in [7, 11) is 0. The Hall–Kier alpha value is -10.2. The molecule has 0 saturated carbocycles. The molecule has 0 amide bonds. The van der Waals surface area contributed by atoms with Gasteiger partial charge in [0.15, 0.2) is 34.6 Å². The van der Waals surface area contributed by atoms with Crippen LogP contribution in [-0.2, 0) is 18.9 Å². The molecule has 28 heteroatoms. The average molecular weight is 1220 g/mol. The molecule has 0 radical (unpaired) electrons. The third-order valence-electron chi connectivity index (χ3n) is 13.6. The first-order valence-electron chi connectivity index (χ1n) is 29.8. The molecule has 28 nitrogen and oxygen atoms in total. The van der Waals surface area contributed by atoms with Crippen LogP contribution in [0.5, 0.6) is 6.01 Å². The van der Waals surface area contributed by atoms with Crippen molar-refractivity contribution in [3.05, 3.63) is 98.4 Å². The number of nitrogen functional groups attached to an aromatic ring is 2. The molecule has 0 atom stereocenters. The molecule has 0 aliphatic heterocycles. The predicted molar refractivity (Wildman–Crippen MR) is 328 cm³/mol. The lowest BCUT2D eigenvalue weighted by Gasteiger charge is -2.11. The summed E-state index contributed by atoms with van der Waals surface area (Å²) in [6, 6.07) is 10.7. The molecule has 0 aliphatic rings. The lowest BCUT2D eigenvalue weighted by molar-refractivity contribution is 0.0479. The molecule has 5 heterocycles. The number of hydrogen-bond donors (Lipinski definition) is 2. The minimum atomic E-state index is -0.674. The normalized spacial score (nSPS) is 11.4. The van der Waals surface area contributed by atoms with Crippen LogP contribution in [0.3, 0.4) is 0 Å². The highest BCUT2D eigenvalue weighted by atomic mass is 16.5. The van der Waals surface area contributed by atoms with E-state index in [2.05, 4.69) is 51.5 Å². The predicted octanol–water partition coefficient (Wildman–Crippen LogP) is 12.9. The number of nitrogens with zero attached hydrogens (tertiary/aromatic N) is 17. The number of carbonyl (C=O) groups excluding carboxylic acids is 4. The number of ether oxygens (including phenoxy) is 5. The van der Waals surface area contributed by atoms with Gasteiger partial charge in [-0.2, -0.15) is 50.0 Å². The minimum Gasteiger partial charge on any atom is -0.463 e. The van der Waals surface area contributed by atoms with Crippen LogP contribution in [0.15, 0.2) is 56.9 Å². The summed E-state index contributed by atoms with van der Waals surface area (Å²) in [5.74, 6) is -3.93. The summed E-state index contributed by atoms with van der Waals surface area (Å²) in [5.41, 5.74) is 16.0. The molecule has 89 heavy (non-hydrogen) atoms. The van der Waals surface area contributed by atoms with Crippen molar-refractivity contribution in [1.82, 2.24) is 54.1 Å². The third kappa shape index (κ3) is 15.7. The van der Waals surface area contributed by atoms with Gasteiger partial charge in [0.2, 0.25) is 0 Å². The van der Waals surface area contributed by atoms with Crippen LogP contribution < -0.4 is 16.2 Å². The molecule has 2 aromatic carbocycles. The van der Waals surface area contributed by atoms with Gasteiger partial charge in [-0.3, -0.25) is 0 Å². The maximum atomic E-state index is 13.4. The van der Waals surface area contributed by atoms with E-state index in [4.69, 9.17) is 56.9 Å². The van der Waals surface area contributed by atoms with Crippen molar-refractivity contribution in [3.8, 4) is 35.4 Å². The van der Waals surface area contributed by atoms with Gasteiger partial charge in [-0.15, -0.1) is 20.5 Å². The van der Waals surface area contributed by atoms with E-state index in [9.17, 15) is 24.4 Å². The SMILES string of the molecule is [C-]#[N+]c1c(C)nn(-c2cc(C(=O)OCCCC)cc(C(=O)OCCCC)c2)c1N=Nc1c(C(C)C)nn(-c2nc(OCCCC)nc(-n3nc(C(C)C)c(N=Nc4c(C#N)c(C)nn4-c4cc(C(=O)OCCCC)cc(C(=O)OCCCC)c4)c3N)n2)c1N. The number of unbranched alkanes of at least 4 members (excludes halogenated alkanes) is 5. The fourth-order valence-electron chi connectivity index (χ4n) is 8.59. The lowest BCUT2D eigenvalue weighted by atomic mass is 10.1. The van der Waals surface area contributed by atoms with E-state index in [1.165, 1.54) is 55.1 Å². The molecule has 0 saturated heterocycles. The van der Waals surface area contributed by atoms with Crippen LogP contribution in [0, 0.1) is 31.8 Å². The Labute approximate surface area is 515 Å². The maximum Gasteiger partial charge on any atom is 0.338 e. The maximum absolute atomic E-state index is 13.4. The van der Waals surface area contributed by atoms with Gasteiger partial charge < -0.3 is 35.2 Å². The van der Waals surface area contributed by atoms with Crippen LogP contribution in [0.4, 0.5) is 40.3 Å². The van der Waals surface area contributed by atoms with Gasteiger partial charge in [0.05, 0.1) is 96.0 Å². The van der Waals surface area contributed by atoms with Crippen LogP contribution in [0.2, 0.25) is 0 Å². The molecular weight excluding hydrogens is 1140 g/mol. The van der Waals surface area contributed by atoms with Crippen LogP contribution >= 0.6 is 0 Å². The summed E-state index contributed by atoms with van der Waals surface area (Å²) >= 11 is 0. The minimum absolute atomic E-state index is 0.0225. The molecule has 7 rings (SSSR count). The summed E-state index contributed by atoms with van der Waals surface area (Å²) < 4.78 is 33.2. The second-order valence-corrected chi connectivity index (χ2v) is 21.3. The van der Waals surface area contributed by atoms with E-state index in [0.717, 1.165) is 32.1 Å². The Balaban J connectivity index is 1.33. The standard InChI is InChI=1S/C61H75N19O9/c1-13-18-23-85-55(81)39-28-40(56(82)86-24-19-14-2)31-43(30-39)77-53(45(34-62)37(10)73-77)71-69-49-46(35(6)7)75-79(51(49)63)59-66-60(68-61(67-59)89-27-22-17-5)80-52(64)50(47(76-80)36(8)9)70-72-54-48(65-12)38(11)74-78(54)44-32-41(57(83)87-25-20-15-3)29-42(33-44)58(84)88-26-21-16-4/h28-33,35-36H,13-27,63-64H2,1-11H3. The van der Waals surface area contributed by atoms with Crippen LogP contribution in [-0.4, -0.2) is 111 Å². The Morgan fingerprint density at radius 1 is 0.539 bits per heavy atom. The fraction of sp³-hybridized carbons (Fsp3) is 0.459. The Morgan fingerprint density at radius 2 is 0.910 bits per heavy atom. The van der Waals surface area contributed by atoms with Gasteiger partial charge in [0.1, 0.15) is 11.6 Å². The number of hydrogen-bond acceptors (Lipinski definition) is 23.